The van der Waals surface area contributed by atoms with Gasteiger partial charge in [0.05, 0.1) is 5.39 Å². The Morgan fingerprint density at radius 3 is 2.33 bits per heavy atom. The van der Waals surface area contributed by atoms with Crippen molar-refractivity contribution in [3.05, 3.63) is 93.6 Å². The number of carbonyl (C=O) groups is 1. The highest BCUT2D eigenvalue weighted by atomic mass is 35.5. The number of hydrogen-bond acceptors (Lipinski definition) is 6. The van der Waals surface area contributed by atoms with E-state index in [9.17, 15) is 9.59 Å². The maximum absolute atomic E-state index is 13.3. The van der Waals surface area contributed by atoms with Gasteiger partial charge in [0.2, 0.25) is 11.2 Å². The molecule has 6 nitrogen and oxygen atoms in total. The molecule has 36 heavy (non-hydrogen) atoms. The normalized spacial score (nSPS) is 11.3. The fraction of sp³-hybridized carbons (Fsp3) is 0.241. The van der Waals surface area contributed by atoms with Gasteiger partial charge >= 0.3 is 5.97 Å². The van der Waals surface area contributed by atoms with Gasteiger partial charge in [-0.2, -0.15) is 0 Å². The first kappa shape index (κ1) is 25.3. The molecular weight excluding hydrogens is 480 g/mol. The molecule has 0 spiro atoms. The second kappa shape index (κ2) is 10.9. The number of fused-ring (bicyclic) bond motifs is 1. The lowest BCUT2D eigenvalue weighted by atomic mass is 9.86. The van der Waals surface area contributed by atoms with E-state index in [0.717, 1.165) is 5.56 Å². The minimum Gasteiger partial charge on any atom is -0.490 e. The quantitative estimate of drug-likeness (QED) is 0.203. The fourth-order valence-electron chi connectivity index (χ4n) is 3.60. The molecule has 0 radical (unpaired) electrons. The molecule has 0 aliphatic rings. The van der Waals surface area contributed by atoms with Gasteiger partial charge in [-0.05, 0) is 41.3 Å². The molecule has 4 aromatic rings. The molecule has 7 heteroatoms. The van der Waals surface area contributed by atoms with Crippen LogP contribution in [0, 0.1) is 0 Å². The number of halogens is 1. The molecule has 0 atom stereocenters. The van der Waals surface area contributed by atoms with E-state index in [1.54, 1.807) is 12.1 Å². The lowest BCUT2D eigenvalue weighted by molar-refractivity contribution is -0.146. The molecule has 4 rings (SSSR count). The van der Waals surface area contributed by atoms with Crippen molar-refractivity contribution in [2.24, 2.45) is 0 Å². The smallest absolute Gasteiger partial charge is 0.344 e. The van der Waals surface area contributed by atoms with Crippen molar-refractivity contribution in [1.29, 1.82) is 0 Å². The van der Waals surface area contributed by atoms with E-state index in [1.165, 1.54) is 6.07 Å². The van der Waals surface area contributed by atoms with E-state index in [0.29, 0.717) is 21.9 Å². The van der Waals surface area contributed by atoms with Crippen LogP contribution < -0.4 is 14.9 Å². The first-order valence-corrected chi connectivity index (χ1v) is 11.9. The number of ether oxygens (including phenoxy) is 3. The van der Waals surface area contributed by atoms with Gasteiger partial charge in [0.15, 0.2) is 12.4 Å². The summed E-state index contributed by atoms with van der Waals surface area (Å²) in [7, 11) is 0. The van der Waals surface area contributed by atoms with E-state index in [1.807, 2.05) is 54.6 Å². The third-order valence-electron chi connectivity index (χ3n) is 5.52. The third-order valence-corrected chi connectivity index (χ3v) is 5.75. The lowest BCUT2D eigenvalue weighted by Gasteiger charge is -2.19. The zero-order chi connectivity index (χ0) is 25.7. The first-order chi connectivity index (χ1) is 17.2. The zero-order valence-corrected chi connectivity index (χ0v) is 21.1. The van der Waals surface area contributed by atoms with E-state index in [4.69, 9.17) is 30.2 Å². The Bertz CT molecular complexity index is 1400. The highest BCUT2D eigenvalue weighted by Gasteiger charge is 2.21. The first-order valence-electron chi connectivity index (χ1n) is 11.6. The maximum atomic E-state index is 13.3. The largest absolute Gasteiger partial charge is 0.490 e. The van der Waals surface area contributed by atoms with Gasteiger partial charge in [-0.15, -0.1) is 0 Å². The Balaban J connectivity index is 1.53. The van der Waals surface area contributed by atoms with E-state index in [2.05, 4.69) is 20.8 Å². The second-order valence-corrected chi connectivity index (χ2v) is 9.66. The monoisotopic (exact) mass is 506 g/mol. The van der Waals surface area contributed by atoms with E-state index < -0.39 is 18.0 Å². The molecule has 1 aromatic heterocycles. The summed E-state index contributed by atoms with van der Waals surface area (Å²) < 4.78 is 22.4. The van der Waals surface area contributed by atoms with Crippen molar-refractivity contribution >= 4 is 28.5 Å². The van der Waals surface area contributed by atoms with Crippen LogP contribution in [0.2, 0.25) is 5.02 Å². The van der Waals surface area contributed by atoms with Crippen LogP contribution >= 0.6 is 11.6 Å². The van der Waals surface area contributed by atoms with Crippen LogP contribution in [-0.2, 0) is 14.9 Å². The van der Waals surface area contributed by atoms with Crippen molar-refractivity contribution in [1.82, 2.24) is 0 Å². The summed E-state index contributed by atoms with van der Waals surface area (Å²) in [6, 6.07) is 21.7. The Kier molecular flexibility index (Phi) is 7.65. The van der Waals surface area contributed by atoms with Crippen molar-refractivity contribution in [2.45, 2.75) is 26.2 Å². The molecule has 0 saturated carbocycles. The summed E-state index contributed by atoms with van der Waals surface area (Å²) in [5.41, 5.74) is 1.69. The van der Waals surface area contributed by atoms with Gasteiger partial charge in [0, 0.05) is 10.6 Å². The van der Waals surface area contributed by atoms with Gasteiger partial charge in [0.1, 0.15) is 24.5 Å². The SMILES string of the molecule is CC(C)(C)c1ccc(-c2oc3ccc(Cl)cc3c(=O)c2OCC(=O)OCCOc2ccccc2)cc1. The average Bonchev–Trinajstić information content (AvgIpc) is 2.86. The Morgan fingerprint density at radius 1 is 0.917 bits per heavy atom. The molecule has 0 saturated heterocycles. The van der Waals surface area contributed by atoms with Crippen LogP contribution in [-0.4, -0.2) is 25.8 Å². The van der Waals surface area contributed by atoms with Crippen LogP contribution in [0.5, 0.6) is 11.5 Å². The standard InChI is InChI=1S/C29H27ClO6/c1-29(2,3)20-11-9-19(10-12-20)27-28(26(32)23-17-21(30)13-14-24(23)36-27)35-18-25(31)34-16-15-33-22-7-5-4-6-8-22/h4-14,17H,15-16,18H2,1-3H3. The molecular formula is C29H27ClO6. The maximum Gasteiger partial charge on any atom is 0.344 e. The summed E-state index contributed by atoms with van der Waals surface area (Å²) in [4.78, 5) is 25.6. The number of rotatable bonds is 8. The Labute approximate surface area is 214 Å². The molecule has 0 bridgehead atoms. The lowest BCUT2D eigenvalue weighted by Crippen LogP contribution is -2.21. The molecule has 0 N–H and O–H groups in total. The molecule has 0 unspecified atom stereocenters. The zero-order valence-electron chi connectivity index (χ0n) is 20.4. The number of esters is 1. The van der Waals surface area contributed by atoms with Gasteiger partial charge < -0.3 is 18.6 Å². The second-order valence-electron chi connectivity index (χ2n) is 9.23. The van der Waals surface area contributed by atoms with Crippen LogP contribution in [0.1, 0.15) is 26.3 Å². The van der Waals surface area contributed by atoms with Crippen molar-refractivity contribution in [3.8, 4) is 22.8 Å². The van der Waals surface area contributed by atoms with Gasteiger partial charge in [0.25, 0.3) is 0 Å². The van der Waals surface area contributed by atoms with E-state index >= 15 is 0 Å². The van der Waals surface area contributed by atoms with Crippen LogP contribution in [0.25, 0.3) is 22.3 Å². The van der Waals surface area contributed by atoms with Crippen LogP contribution in [0.15, 0.2) is 82.0 Å². The van der Waals surface area contributed by atoms with Crippen LogP contribution in [0.3, 0.4) is 0 Å². The minimum absolute atomic E-state index is 0.0349. The topological polar surface area (TPSA) is 75.0 Å². The van der Waals surface area contributed by atoms with Gasteiger partial charge in [-0.3, -0.25) is 4.79 Å². The number of carbonyl (C=O) groups excluding carboxylic acids is 1. The highest BCUT2D eigenvalue weighted by molar-refractivity contribution is 6.31. The molecule has 0 aliphatic carbocycles. The summed E-state index contributed by atoms with van der Waals surface area (Å²) >= 11 is 6.10. The number of hydrogen-bond donors (Lipinski definition) is 0. The summed E-state index contributed by atoms with van der Waals surface area (Å²) in [6.45, 7) is 6.12. The predicted molar refractivity (Wildman–Crippen MR) is 140 cm³/mol. The molecule has 0 aliphatic heterocycles. The predicted octanol–water partition coefficient (Wildman–Crippen LogP) is 6.41. The molecule has 0 fully saturated rings. The molecule has 0 amide bonds. The van der Waals surface area contributed by atoms with Gasteiger partial charge in [-0.1, -0.05) is 74.8 Å². The highest BCUT2D eigenvalue weighted by Crippen LogP contribution is 2.33. The van der Waals surface area contributed by atoms with Gasteiger partial charge in [-0.25, -0.2) is 4.79 Å². The average molecular weight is 507 g/mol. The molecule has 186 valence electrons. The summed E-state index contributed by atoms with van der Waals surface area (Å²) in [6.07, 6.45) is 0. The molecule has 1 heterocycles. The fourth-order valence-corrected chi connectivity index (χ4v) is 3.77. The number of para-hydroxylation sites is 1. The number of benzene rings is 3. The van der Waals surface area contributed by atoms with Crippen molar-refractivity contribution < 1.29 is 23.4 Å². The van der Waals surface area contributed by atoms with Crippen molar-refractivity contribution in [3.63, 3.8) is 0 Å². The molecule has 3 aromatic carbocycles. The summed E-state index contributed by atoms with van der Waals surface area (Å²) in [5.74, 6) is 0.201. The third kappa shape index (κ3) is 6.07. The Morgan fingerprint density at radius 2 is 1.64 bits per heavy atom. The van der Waals surface area contributed by atoms with Crippen molar-refractivity contribution in [2.75, 3.05) is 19.8 Å². The summed E-state index contributed by atoms with van der Waals surface area (Å²) in [5, 5.41) is 0.651. The minimum atomic E-state index is -0.633. The van der Waals surface area contributed by atoms with E-state index in [-0.39, 0.29) is 35.5 Å². The van der Waals surface area contributed by atoms with Crippen LogP contribution in [0.4, 0.5) is 0 Å². The Hall–Kier alpha value is -3.77.